The van der Waals surface area contributed by atoms with Gasteiger partial charge < -0.3 is 20.3 Å². The van der Waals surface area contributed by atoms with Gasteiger partial charge in [0.15, 0.2) is 5.11 Å². The first-order chi connectivity index (χ1) is 15.9. The average molecular weight is 474 g/mol. The van der Waals surface area contributed by atoms with Gasteiger partial charge in [-0.2, -0.15) is 13.2 Å². The third kappa shape index (κ3) is 6.10. The van der Waals surface area contributed by atoms with Crippen LogP contribution < -0.4 is 20.3 Å². The molecule has 1 saturated heterocycles. The molecule has 0 bridgehead atoms. The van der Waals surface area contributed by atoms with Crippen LogP contribution in [-0.4, -0.2) is 34.2 Å². The van der Waals surface area contributed by atoms with Crippen molar-refractivity contribution in [3.05, 3.63) is 72.7 Å². The molecule has 0 amide bonds. The van der Waals surface area contributed by atoms with E-state index in [1.54, 1.807) is 24.5 Å². The van der Waals surface area contributed by atoms with Crippen LogP contribution in [-0.2, 0) is 6.18 Å². The summed E-state index contributed by atoms with van der Waals surface area (Å²) in [4.78, 5) is 10.5. The SMILES string of the molecule is FC(F)(F)c1ccccc1Oc1ccnc(N2CCC(NC(=S)Nc3cccnc3)CC2)c1. The number of para-hydroxylation sites is 1. The molecule has 0 spiro atoms. The molecule has 1 aliphatic heterocycles. The van der Waals surface area contributed by atoms with Crippen LogP contribution in [0.1, 0.15) is 18.4 Å². The molecule has 1 fully saturated rings. The summed E-state index contributed by atoms with van der Waals surface area (Å²) in [6.45, 7) is 1.45. The predicted molar refractivity (Wildman–Crippen MR) is 125 cm³/mol. The summed E-state index contributed by atoms with van der Waals surface area (Å²) in [5, 5.41) is 6.97. The first-order valence-corrected chi connectivity index (χ1v) is 10.8. The van der Waals surface area contributed by atoms with E-state index >= 15 is 0 Å². The fraction of sp³-hybridized carbons (Fsp3) is 0.261. The number of anilines is 2. The van der Waals surface area contributed by atoms with Crippen LogP contribution in [0.25, 0.3) is 0 Å². The van der Waals surface area contributed by atoms with Crippen molar-refractivity contribution in [2.75, 3.05) is 23.3 Å². The smallest absolute Gasteiger partial charge is 0.419 e. The molecule has 0 saturated carbocycles. The molecule has 6 nitrogen and oxygen atoms in total. The summed E-state index contributed by atoms with van der Waals surface area (Å²) in [6, 6.07) is 12.3. The fourth-order valence-corrected chi connectivity index (χ4v) is 3.88. The van der Waals surface area contributed by atoms with Crippen molar-refractivity contribution in [2.24, 2.45) is 0 Å². The maximum Gasteiger partial charge on any atom is 0.419 e. The molecule has 3 aromatic rings. The van der Waals surface area contributed by atoms with Crippen LogP contribution in [0.4, 0.5) is 24.7 Å². The van der Waals surface area contributed by atoms with Crippen molar-refractivity contribution in [3.63, 3.8) is 0 Å². The largest absolute Gasteiger partial charge is 0.457 e. The van der Waals surface area contributed by atoms with Crippen molar-refractivity contribution in [3.8, 4) is 11.5 Å². The zero-order valence-electron chi connectivity index (χ0n) is 17.5. The lowest BCUT2D eigenvalue weighted by molar-refractivity contribution is -0.138. The Morgan fingerprint density at radius 3 is 2.58 bits per heavy atom. The number of halogens is 3. The Balaban J connectivity index is 1.34. The lowest BCUT2D eigenvalue weighted by Gasteiger charge is -2.33. The Kier molecular flexibility index (Phi) is 6.93. The zero-order valence-corrected chi connectivity index (χ0v) is 18.4. The number of nitrogens with zero attached hydrogens (tertiary/aromatic N) is 3. The number of hydrogen-bond donors (Lipinski definition) is 2. The average Bonchev–Trinajstić information content (AvgIpc) is 2.80. The molecular weight excluding hydrogens is 451 g/mol. The van der Waals surface area contributed by atoms with Gasteiger partial charge in [-0.25, -0.2) is 4.98 Å². The first kappa shape index (κ1) is 22.8. The molecule has 0 aliphatic carbocycles. The number of pyridine rings is 2. The molecule has 3 heterocycles. The predicted octanol–water partition coefficient (Wildman–Crippen LogP) is 5.24. The molecule has 0 radical (unpaired) electrons. The molecule has 2 aromatic heterocycles. The molecule has 0 atom stereocenters. The minimum atomic E-state index is -4.49. The second-order valence-electron chi connectivity index (χ2n) is 7.55. The number of benzene rings is 1. The monoisotopic (exact) mass is 473 g/mol. The van der Waals surface area contributed by atoms with Crippen LogP contribution in [0.2, 0.25) is 0 Å². The Bertz CT molecular complexity index is 1090. The van der Waals surface area contributed by atoms with E-state index in [0.29, 0.717) is 16.7 Å². The van der Waals surface area contributed by atoms with E-state index < -0.39 is 11.7 Å². The highest BCUT2D eigenvalue weighted by Gasteiger charge is 2.34. The second-order valence-corrected chi connectivity index (χ2v) is 7.96. The Morgan fingerprint density at radius 1 is 1.06 bits per heavy atom. The molecule has 2 N–H and O–H groups in total. The molecular formula is C23H22F3N5OS. The van der Waals surface area contributed by atoms with Gasteiger partial charge in [0.1, 0.15) is 17.3 Å². The van der Waals surface area contributed by atoms with E-state index in [9.17, 15) is 13.2 Å². The Labute approximate surface area is 194 Å². The number of rotatable bonds is 5. The number of nitrogens with one attached hydrogen (secondary N) is 2. The lowest BCUT2D eigenvalue weighted by atomic mass is 10.1. The molecule has 172 valence electrons. The summed E-state index contributed by atoms with van der Waals surface area (Å²) in [6.07, 6.45) is 2.11. The van der Waals surface area contributed by atoms with Gasteiger partial charge in [0.25, 0.3) is 0 Å². The lowest BCUT2D eigenvalue weighted by Crippen LogP contribution is -2.46. The number of thiocarbonyl (C=S) groups is 1. The third-order valence-electron chi connectivity index (χ3n) is 5.21. The Morgan fingerprint density at radius 2 is 1.85 bits per heavy atom. The van der Waals surface area contributed by atoms with Gasteiger partial charge in [0, 0.05) is 37.6 Å². The van der Waals surface area contributed by atoms with E-state index in [4.69, 9.17) is 17.0 Å². The van der Waals surface area contributed by atoms with Crippen LogP contribution >= 0.6 is 12.2 Å². The molecule has 33 heavy (non-hydrogen) atoms. The fourth-order valence-electron chi connectivity index (χ4n) is 3.60. The maximum atomic E-state index is 13.2. The van der Waals surface area contributed by atoms with E-state index in [-0.39, 0.29) is 11.8 Å². The third-order valence-corrected chi connectivity index (χ3v) is 5.43. The molecule has 0 unspecified atom stereocenters. The highest BCUT2D eigenvalue weighted by Crippen LogP contribution is 2.38. The summed E-state index contributed by atoms with van der Waals surface area (Å²) >= 11 is 5.38. The first-order valence-electron chi connectivity index (χ1n) is 10.4. The maximum absolute atomic E-state index is 13.2. The zero-order chi connectivity index (χ0) is 23.3. The molecule has 1 aliphatic rings. The van der Waals surface area contributed by atoms with E-state index in [1.165, 1.54) is 24.4 Å². The van der Waals surface area contributed by atoms with Gasteiger partial charge in [-0.05, 0) is 55.4 Å². The minimum Gasteiger partial charge on any atom is -0.457 e. The van der Waals surface area contributed by atoms with Crippen LogP contribution in [0, 0.1) is 0 Å². The van der Waals surface area contributed by atoms with E-state index in [0.717, 1.165) is 37.7 Å². The van der Waals surface area contributed by atoms with Crippen molar-refractivity contribution in [2.45, 2.75) is 25.1 Å². The van der Waals surface area contributed by atoms with Gasteiger partial charge in [-0.15, -0.1) is 0 Å². The molecule has 4 rings (SSSR count). The quantitative estimate of drug-likeness (QED) is 0.491. The normalized spacial score (nSPS) is 14.6. The van der Waals surface area contributed by atoms with Crippen molar-refractivity contribution in [1.29, 1.82) is 0 Å². The topological polar surface area (TPSA) is 62.3 Å². The van der Waals surface area contributed by atoms with Crippen molar-refractivity contribution in [1.82, 2.24) is 15.3 Å². The van der Waals surface area contributed by atoms with Crippen LogP contribution in [0.3, 0.4) is 0 Å². The van der Waals surface area contributed by atoms with E-state index in [1.807, 2.05) is 12.1 Å². The molecule has 1 aromatic carbocycles. The van der Waals surface area contributed by atoms with Gasteiger partial charge in [-0.3, -0.25) is 4.98 Å². The van der Waals surface area contributed by atoms with Gasteiger partial charge in [-0.1, -0.05) is 12.1 Å². The second kappa shape index (κ2) is 10.0. The number of piperidine rings is 1. The minimum absolute atomic E-state index is 0.205. The number of alkyl halides is 3. The van der Waals surface area contributed by atoms with Crippen LogP contribution in [0.15, 0.2) is 67.1 Å². The summed E-state index contributed by atoms with van der Waals surface area (Å²) in [5.41, 5.74) is 0.00617. The standard InChI is InChI=1S/C23H22F3N5OS/c24-23(25,26)19-5-1-2-6-20(19)32-18-7-11-28-21(14-18)31-12-8-16(9-13-31)29-22(33)30-17-4-3-10-27-15-17/h1-7,10-11,14-16H,8-9,12-13H2,(H2,29,30,33). The number of ether oxygens (including phenoxy) is 1. The number of hydrogen-bond acceptors (Lipinski definition) is 5. The van der Waals surface area contributed by atoms with Crippen LogP contribution in [0.5, 0.6) is 11.5 Å². The molecule has 10 heteroatoms. The summed E-state index contributed by atoms with van der Waals surface area (Å²) < 4.78 is 45.3. The van der Waals surface area contributed by atoms with E-state index in [2.05, 4.69) is 25.5 Å². The summed E-state index contributed by atoms with van der Waals surface area (Å²) in [5.74, 6) is 0.727. The summed E-state index contributed by atoms with van der Waals surface area (Å²) in [7, 11) is 0. The van der Waals surface area contributed by atoms with Crippen molar-refractivity contribution >= 4 is 28.8 Å². The van der Waals surface area contributed by atoms with Gasteiger partial charge in [0.2, 0.25) is 0 Å². The Hall–Kier alpha value is -3.40. The van der Waals surface area contributed by atoms with Gasteiger partial charge in [0.05, 0.1) is 17.4 Å². The number of aromatic nitrogens is 2. The highest BCUT2D eigenvalue weighted by molar-refractivity contribution is 7.80. The van der Waals surface area contributed by atoms with Crippen molar-refractivity contribution < 1.29 is 17.9 Å². The van der Waals surface area contributed by atoms with Gasteiger partial charge >= 0.3 is 6.18 Å². The highest BCUT2D eigenvalue weighted by atomic mass is 32.1.